The molecule has 0 saturated carbocycles. The Bertz CT molecular complexity index is 447. The van der Waals surface area contributed by atoms with Crippen molar-refractivity contribution in [3.8, 4) is 0 Å². The number of carbonyl (C=O) groups is 2. The third-order valence-electron chi connectivity index (χ3n) is 5.34. The van der Waals surface area contributed by atoms with Gasteiger partial charge in [0, 0.05) is 0 Å². The van der Waals surface area contributed by atoms with Crippen molar-refractivity contribution < 1.29 is 29.4 Å². The number of aliphatic carboxylic acids is 1. The van der Waals surface area contributed by atoms with Crippen LogP contribution >= 0.6 is 0 Å². The molecule has 0 radical (unpaired) electrons. The van der Waals surface area contributed by atoms with E-state index in [4.69, 9.17) is 0 Å². The Morgan fingerprint density at radius 3 is 1.59 bits per heavy atom. The summed E-state index contributed by atoms with van der Waals surface area (Å²) in [6.45, 7) is 2.32. The van der Waals surface area contributed by atoms with E-state index in [-0.39, 0.29) is 13.0 Å². The van der Waals surface area contributed by atoms with E-state index in [0.29, 0.717) is 10.9 Å². The van der Waals surface area contributed by atoms with Crippen LogP contribution in [-0.2, 0) is 9.59 Å². The van der Waals surface area contributed by atoms with Crippen molar-refractivity contribution in [2.45, 2.75) is 103 Å². The first-order valence-corrected chi connectivity index (χ1v) is 11.5. The Morgan fingerprint density at radius 1 is 0.793 bits per heavy atom. The van der Waals surface area contributed by atoms with Crippen LogP contribution in [0.1, 0.15) is 90.4 Å². The number of likely N-dealkylation sites (N-methyl/N-ethyl adjacent to an activating group) is 1. The molecular formula is C23H45NO5. The molecule has 0 aliphatic carbocycles. The summed E-state index contributed by atoms with van der Waals surface area (Å²) in [6, 6.07) is 0. The zero-order valence-electron chi connectivity index (χ0n) is 19.2. The molecule has 0 aromatic carbocycles. The molecule has 0 saturated heterocycles. The number of aliphatic hydroxyl groups is 2. The minimum Gasteiger partial charge on any atom is -0.549 e. The van der Waals surface area contributed by atoms with E-state index in [1.807, 2.05) is 0 Å². The predicted octanol–water partition coefficient (Wildman–Crippen LogP) is 2.44. The molecule has 2 N–H and O–H groups in total. The Hall–Kier alpha value is -0.980. The molecule has 3 unspecified atom stereocenters. The zero-order chi connectivity index (χ0) is 22.3. The van der Waals surface area contributed by atoms with Gasteiger partial charge >= 0.3 is 0 Å². The van der Waals surface area contributed by atoms with Gasteiger partial charge in [-0.05, 0) is 6.42 Å². The summed E-state index contributed by atoms with van der Waals surface area (Å²) in [5, 5.41) is 31.6. The van der Waals surface area contributed by atoms with Gasteiger partial charge in [0.25, 0.3) is 0 Å². The van der Waals surface area contributed by atoms with Crippen LogP contribution in [0.5, 0.6) is 0 Å². The fourth-order valence-corrected chi connectivity index (χ4v) is 3.66. The van der Waals surface area contributed by atoms with Crippen molar-refractivity contribution in [1.29, 1.82) is 0 Å². The van der Waals surface area contributed by atoms with Crippen LogP contribution in [0.4, 0.5) is 0 Å². The standard InChI is InChI=1S/C23H45NO5/c1-5-6-7-8-9-10-11-12-13-14-15-16-17-19(25)22(27)21(23(28)29)20(26)18-24(2,3)4/h19-21,25-26H,5-18H2,1-4H3. The Labute approximate surface area is 177 Å². The average Bonchev–Trinajstić information content (AvgIpc) is 2.60. The lowest BCUT2D eigenvalue weighted by Crippen LogP contribution is -2.53. The summed E-state index contributed by atoms with van der Waals surface area (Å²) in [4.78, 5) is 23.6. The number of nitrogens with zero attached hydrogens (tertiary/aromatic N) is 1. The lowest BCUT2D eigenvalue weighted by atomic mass is 9.91. The van der Waals surface area contributed by atoms with Gasteiger partial charge in [-0.15, -0.1) is 0 Å². The normalized spacial score (nSPS) is 15.1. The van der Waals surface area contributed by atoms with Crippen LogP contribution in [0.2, 0.25) is 0 Å². The number of carbonyl (C=O) groups excluding carboxylic acids is 2. The number of carboxylic acid groups (broad SMARTS) is 1. The summed E-state index contributed by atoms with van der Waals surface area (Å²) < 4.78 is 0.313. The number of hydrogen-bond acceptors (Lipinski definition) is 5. The SMILES string of the molecule is CCCCCCCCCCCCCCC(O)C(=O)C(C(=O)[O-])C(O)C[N+](C)(C)C. The van der Waals surface area contributed by atoms with E-state index in [1.54, 1.807) is 21.1 Å². The second-order valence-corrected chi connectivity index (χ2v) is 9.43. The predicted molar refractivity (Wildman–Crippen MR) is 114 cm³/mol. The molecule has 0 fully saturated rings. The molecule has 0 aromatic heterocycles. The van der Waals surface area contributed by atoms with E-state index >= 15 is 0 Å². The molecule has 6 heteroatoms. The molecule has 3 atom stereocenters. The van der Waals surface area contributed by atoms with Crippen molar-refractivity contribution in [3.63, 3.8) is 0 Å². The molecule has 29 heavy (non-hydrogen) atoms. The largest absolute Gasteiger partial charge is 0.549 e. The van der Waals surface area contributed by atoms with Crippen LogP contribution in [-0.4, -0.2) is 66.3 Å². The lowest BCUT2D eigenvalue weighted by molar-refractivity contribution is -0.873. The second-order valence-electron chi connectivity index (χ2n) is 9.43. The monoisotopic (exact) mass is 415 g/mol. The van der Waals surface area contributed by atoms with E-state index in [1.165, 1.54) is 51.4 Å². The first kappa shape index (κ1) is 28.0. The lowest BCUT2D eigenvalue weighted by Gasteiger charge is -2.31. The molecule has 0 rings (SSSR count). The number of unbranched alkanes of at least 4 members (excludes halogenated alkanes) is 11. The first-order chi connectivity index (χ1) is 13.6. The number of hydrogen-bond donors (Lipinski definition) is 2. The zero-order valence-corrected chi connectivity index (χ0v) is 19.2. The van der Waals surface area contributed by atoms with Gasteiger partial charge in [-0.1, -0.05) is 84.0 Å². The molecule has 0 aliphatic heterocycles. The maximum atomic E-state index is 12.3. The number of aliphatic hydroxyl groups excluding tert-OH is 2. The summed E-state index contributed by atoms with van der Waals surface area (Å²) in [5.74, 6) is -4.14. The van der Waals surface area contributed by atoms with Crippen molar-refractivity contribution in [3.05, 3.63) is 0 Å². The van der Waals surface area contributed by atoms with Gasteiger partial charge in [0.1, 0.15) is 18.8 Å². The van der Waals surface area contributed by atoms with Crippen molar-refractivity contribution >= 4 is 11.8 Å². The maximum Gasteiger partial charge on any atom is 0.172 e. The highest BCUT2D eigenvalue weighted by molar-refractivity contribution is 6.00. The Morgan fingerprint density at radius 2 is 1.21 bits per heavy atom. The minimum atomic E-state index is -1.68. The highest BCUT2D eigenvalue weighted by atomic mass is 16.4. The first-order valence-electron chi connectivity index (χ1n) is 11.5. The third kappa shape index (κ3) is 14.6. The maximum absolute atomic E-state index is 12.3. The van der Waals surface area contributed by atoms with Crippen LogP contribution < -0.4 is 5.11 Å². The van der Waals surface area contributed by atoms with Crippen LogP contribution in [0.3, 0.4) is 0 Å². The van der Waals surface area contributed by atoms with Gasteiger partial charge in [-0.2, -0.15) is 0 Å². The second kappa shape index (κ2) is 15.8. The average molecular weight is 416 g/mol. The van der Waals surface area contributed by atoms with Crippen LogP contribution in [0.25, 0.3) is 0 Å². The van der Waals surface area contributed by atoms with Gasteiger partial charge in [0.05, 0.1) is 33.0 Å². The van der Waals surface area contributed by atoms with E-state index in [2.05, 4.69) is 6.92 Å². The molecule has 0 bridgehead atoms. The van der Waals surface area contributed by atoms with Crippen molar-refractivity contribution in [2.75, 3.05) is 27.7 Å². The molecule has 0 aromatic rings. The molecule has 0 amide bonds. The van der Waals surface area contributed by atoms with Crippen molar-refractivity contribution in [1.82, 2.24) is 0 Å². The summed E-state index contributed by atoms with van der Waals surface area (Å²) in [5.41, 5.74) is 0. The quantitative estimate of drug-likeness (QED) is 0.192. The highest BCUT2D eigenvalue weighted by Gasteiger charge is 2.35. The molecule has 172 valence electrons. The number of carboxylic acids is 1. The number of rotatable bonds is 19. The highest BCUT2D eigenvalue weighted by Crippen LogP contribution is 2.16. The summed E-state index contributed by atoms with van der Waals surface area (Å²) >= 11 is 0. The molecule has 0 spiro atoms. The molecule has 0 heterocycles. The topological polar surface area (TPSA) is 97.7 Å². The summed E-state index contributed by atoms with van der Waals surface area (Å²) in [7, 11) is 5.38. The van der Waals surface area contributed by atoms with Gasteiger partial charge in [0.2, 0.25) is 0 Å². The number of Topliss-reactive ketones (excluding diaryl/α,β-unsaturated/α-hetero) is 1. The molecular weight excluding hydrogens is 370 g/mol. The fourth-order valence-electron chi connectivity index (χ4n) is 3.66. The minimum absolute atomic E-state index is 0.0930. The smallest absolute Gasteiger partial charge is 0.172 e. The Kier molecular flexibility index (Phi) is 15.3. The van der Waals surface area contributed by atoms with Crippen LogP contribution in [0, 0.1) is 5.92 Å². The molecule has 0 aliphatic rings. The Balaban J connectivity index is 3.98. The van der Waals surface area contributed by atoms with E-state index < -0.39 is 29.9 Å². The molecule has 6 nitrogen and oxygen atoms in total. The van der Waals surface area contributed by atoms with E-state index in [9.17, 15) is 24.9 Å². The van der Waals surface area contributed by atoms with Gasteiger partial charge in [-0.25, -0.2) is 0 Å². The van der Waals surface area contributed by atoms with Gasteiger partial charge in [0.15, 0.2) is 5.78 Å². The van der Waals surface area contributed by atoms with Crippen molar-refractivity contribution in [2.24, 2.45) is 5.92 Å². The van der Waals surface area contributed by atoms with E-state index in [0.717, 1.165) is 19.3 Å². The van der Waals surface area contributed by atoms with Gasteiger partial charge < -0.3 is 24.6 Å². The third-order valence-corrected chi connectivity index (χ3v) is 5.34. The summed E-state index contributed by atoms with van der Waals surface area (Å²) in [6.07, 6.45) is 11.7. The van der Waals surface area contributed by atoms with Crippen LogP contribution in [0.15, 0.2) is 0 Å². The number of quaternary nitrogens is 1. The van der Waals surface area contributed by atoms with Gasteiger partial charge in [-0.3, -0.25) is 4.79 Å². The fraction of sp³-hybridized carbons (Fsp3) is 0.913. The number of ketones is 1.